The predicted octanol–water partition coefficient (Wildman–Crippen LogP) is 4.07. The van der Waals surface area contributed by atoms with Crippen molar-refractivity contribution >= 4 is 23.8 Å². The minimum Gasteiger partial charge on any atom is -0.234 e. The largest absolute Gasteiger partial charge is 0.416 e. The maximum atomic E-state index is 12.8. The molecule has 26 heavy (non-hydrogen) atoms. The van der Waals surface area contributed by atoms with E-state index < -0.39 is 17.8 Å². The fourth-order valence-corrected chi connectivity index (χ4v) is 2.92. The number of nitrogens with zero attached hydrogens (tertiary/aromatic N) is 1. The number of alkyl halides is 3. The van der Waals surface area contributed by atoms with Crippen LogP contribution in [0.25, 0.3) is 12.2 Å². The first kappa shape index (κ1) is 18.4. The standard InChI is InChI=1S/C18H14ClF3N4/c19-15-8-12(6-13(9-15)17-16(10-23)24-26-25-17)5-4-11-2-1-3-14(7-11)18(20,21)22/h1-9,16-17,24-26H/b5-4+. The van der Waals surface area contributed by atoms with Crippen LogP contribution in [0.4, 0.5) is 13.2 Å². The molecule has 0 spiro atoms. The van der Waals surface area contributed by atoms with Gasteiger partial charge in [-0.05, 0) is 47.0 Å². The van der Waals surface area contributed by atoms with Gasteiger partial charge in [0.15, 0.2) is 0 Å². The third kappa shape index (κ3) is 4.23. The Morgan fingerprint density at radius 2 is 1.81 bits per heavy atom. The number of nitriles is 1. The highest BCUT2D eigenvalue weighted by Crippen LogP contribution is 2.30. The molecule has 1 saturated heterocycles. The Kier molecular flexibility index (Phi) is 5.30. The number of hydrazine groups is 2. The minimum atomic E-state index is -4.38. The molecule has 1 heterocycles. The van der Waals surface area contributed by atoms with Gasteiger partial charge in [0.2, 0.25) is 0 Å². The fourth-order valence-electron chi connectivity index (χ4n) is 2.67. The summed E-state index contributed by atoms with van der Waals surface area (Å²) in [6.45, 7) is 0. The molecule has 4 nitrogen and oxygen atoms in total. The maximum Gasteiger partial charge on any atom is 0.416 e. The SMILES string of the molecule is N#CC1NNNC1c1cc(Cl)cc(/C=C/c2cccc(C(F)(F)F)c2)c1. The van der Waals surface area contributed by atoms with Gasteiger partial charge in [0.05, 0.1) is 17.7 Å². The summed E-state index contributed by atoms with van der Waals surface area (Å²) in [6, 6.07) is 11.7. The van der Waals surface area contributed by atoms with Crippen molar-refractivity contribution < 1.29 is 13.2 Å². The number of benzene rings is 2. The van der Waals surface area contributed by atoms with Crippen LogP contribution in [0.3, 0.4) is 0 Å². The molecule has 2 aromatic carbocycles. The van der Waals surface area contributed by atoms with E-state index >= 15 is 0 Å². The Labute approximate surface area is 153 Å². The molecule has 3 rings (SSSR count). The lowest BCUT2D eigenvalue weighted by Gasteiger charge is -2.13. The second-order valence-electron chi connectivity index (χ2n) is 5.77. The van der Waals surface area contributed by atoms with Crippen molar-refractivity contribution in [2.45, 2.75) is 18.3 Å². The molecule has 0 radical (unpaired) electrons. The van der Waals surface area contributed by atoms with Crippen LogP contribution in [-0.2, 0) is 6.18 Å². The van der Waals surface area contributed by atoms with E-state index in [9.17, 15) is 13.2 Å². The van der Waals surface area contributed by atoms with Crippen molar-refractivity contribution in [1.29, 1.82) is 5.26 Å². The zero-order valence-electron chi connectivity index (χ0n) is 13.3. The van der Waals surface area contributed by atoms with Gasteiger partial charge in [-0.25, -0.2) is 10.9 Å². The van der Waals surface area contributed by atoms with E-state index in [2.05, 4.69) is 22.5 Å². The van der Waals surface area contributed by atoms with E-state index in [0.29, 0.717) is 10.6 Å². The molecular formula is C18H14ClF3N4. The Bertz CT molecular complexity index is 873. The van der Waals surface area contributed by atoms with Gasteiger partial charge in [0, 0.05) is 5.02 Å². The van der Waals surface area contributed by atoms with Crippen molar-refractivity contribution in [3.05, 3.63) is 69.7 Å². The fraction of sp³-hybridized carbons (Fsp3) is 0.167. The number of halogens is 4. The van der Waals surface area contributed by atoms with Gasteiger partial charge < -0.3 is 0 Å². The molecule has 2 aromatic rings. The molecule has 3 N–H and O–H groups in total. The van der Waals surface area contributed by atoms with Crippen molar-refractivity contribution in [2.24, 2.45) is 0 Å². The lowest BCUT2D eigenvalue weighted by atomic mass is 9.99. The van der Waals surface area contributed by atoms with Crippen molar-refractivity contribution in [3.63, 3.8) is 0 Å². The molecule has 0 aliphatic carbocycles. The topological polar surface area (TPSA) is 59.9 Å². The summed E-state index contributed by atoms with van der Waals surface area (Å²) in [5.74, 6) is 0. The van der Waals surface area contributed by atoms with Gasteiger partial charge in [0.25, 0.3) is 0 Å². The quantitative estimate of drug-likeness (QED) is 0.704. The number of hydrogen-bond acceptors (Lipinski definition) is 4. The molecule has 0 amide bonds. The Balaban J connectivity index is 1.87. The smallest absolute Gasteiger partial charge is 0.234 e. The summed E-state index contributed by atoms with van der Waals surface area (Å²) in [4.78, 5) is 0. The summed E-state index contributed by atoms with van der Waals surface area (Å²) >= 11 is 6.15. The van der Waals surface area contributed by atoms with Crippen LogP contribution in [0.5, 0.6) is 0 Å². The third-order valence-electron chi connectivity index (χ3n) is 3.91. The molecule has 1 fully saturated rings. The van der Waals surface area contributed by atoms with Gasteiger partial charge in [-0.1, -0.05) is 35.9 Å². The van der Waals surface area contributed by atoms with Gasteiger partial charge in [-0.2, -0.15) is 24.0 Å². The monoisotopic (exact) mass is 378 g/mol. The lowest BCUT2D eigenvalue weighted by Crippen LogP contribution is -2.32. The molecule has 2 atom stereocenters. The highest BCUT2D eigenvalue weighted by Gasteiger charge is 2.30. The number of nitrogens with one attached hydrogen (secondary N) is 3. The second-order valence-corrected chi connectivity index (χ2v) is 6.21. The first-order valence-corrected chi connectivity index (χ1v) is 8.06. The van der Waals surface area contributed by atoms with Crippen molar-refractivity contribution in [3.8, 4) is 6.07 Å². The normalized spacial score (nSPS) is 20.4. The number of hydrogen-bond donors (Lipinski definition) is 3. The van der Waals surface area contributed by atoms with Gasteiger partial charge in [0.1, 0.15) is 6.04 Å². The van der Waals surface area contributed by atoms with E-state index in [4.69, 9.17) is 16.9 Å². The van der Waals surface area contributed by atoms with Gasteiger partial charge >= 0.3 is 6.18 Å². The molecule has 0 saturated carbocycles. The summed E-state index contributed by atoms with van der Waals surface area (Å²) in [7, 11) is 0. The van der Waals surface area contributed by atoms with Crippen LogP contribution in [0, 0.1) is 11.3 Å². The summed E-state index contributed by atoms with van der Waals surface area (Å²) in [6.07, 6.45) is -1.11. The van der Waals surface area contributed by atoms with E-state index in [1.54, 1.807) is 30.4 Å². The maximum absolute atomic E-state index is 12.8. The highest BCUT2D eigenvalue weighted by atomic mass is 35.5. The van der Waals surface area contributed by atoms with Crippen LogP contribution in [0.15, 0.2) is 42.5 Å². The lowest BCUT2D eigenvalue weighted by molar-refractivity contribution is -0.137. The van der Waals surface area contributed by atoms with Crippen LogP contribution in [-0.4, -0.2) is 6.04 Å². The molecule has 0 aromatic heterocycles. The molecule has 1 aliphatic rings. The van der Waals surface area contributed by atoms with Crippen molar-refractivity contribution in [1.82, 2.24) is 16.4 Å². The zero-order valence-corrected chi connectivity index (χ0v) is 14.1. The first-order valence-electron chi connectivity index (χ1n) is 7.68. The Morgan fingerprint density at radius 1 is 1.04 bits per heavy atom. The Morgan fingerprint density at radius 3 is 2.54 bits per heavy atom. The van der Waals surface area contributed by atoms with E-state index in [-0.39, 0.29) is 6.04 Å². The molecule has 0 bridgehead atoms. The summed E-state index contributed by atoms with van der Waals surface area (Å²) < 4.78 is 38.4. The first-order chi connectivity index (χ1) is 12.4. The minimum absolute atomic E-state index is 0.306. The Hall–Kier alpha value is -2.37. The average molecular weight is 379 g/mol. The molecule has 134 valence electrons. The summed E-state index contributed by atoms with van der Waals surface area (Å²) in [5.41, 5.74) is 9.65. The second kappa shape index (κ2) is 7.48. The average Bonchev–Trinajstić information content (AvgIpc) is 3.08. The number of rotatable bonds is 3. The van der Waals surface area contributed by atoms with Gasteiger partial charge in [-0.15, -0.1) is 0 Å². The van der Waals surface area contributed by atoms with Crippen LogP contribution in [0.1, 0.15) is 28.3 Å². The predicted molar refractivity (Wildman–Crippen MR) is 93.4 cm³/mol. The van der Waals surface area contributed by atoms with E-state index in [1.165, 1.54) is 6.07 Å². The van der Waals surface area contributed by atoms with Crippen LogP contribution < -0.4 is 16.4 Å². The zero-order chi connectivity index (χ0) is 18.7. The van der Waals surface area contributed by atoms with Crippen molar-refractivity contribution in [2.75, 3.05) is 0 Å². The molecule has 8 heteroatoms. The molecule has 1 aliphatic heterocycles. The van der Waals surface area contributed by atoms with Gasteiger partial charge in [-0.3, -0.25) is 0 Å². The van der Waals surface area contributed by atoms with Crippen LogP contribution in [0.2, 0.25) is 5.02 Å². The third-order valence-corrected chi connectivity index (χ3v) is 4.13. The molecule has 2 unspecified atom stereocenters. The molecular weight excluding hydrogens is 365 g/mol. The summed E-state index contributed by atoms with van der Waals surface area (Å²) in [5, 5.41) is 9.62. The van der Waals surface area contributed by atoms with E-state index in [1.807, 2.05) is 6.07 Å². The van der Waals surface area contributed by atoms with Crippen LogP contribution >= 0.6 is 11.6 Å². The van der Waals surface area contributed by atoms with E-state index in [0.717, 1.165) is 23.3 Å². The highest BCUT2D eigenvalue weighted by molar-refractivity contribution is 6.30.